The molecule has 0 fully saturated rings. The standard InChI is InChI=1S/C20H20N6O/c1-14-11-18(27)25-26-19(14)16-7-9-17(10-8-16)24-20(23-13-21)22-12-15-5-3-2-4-6-15/h2-10,14H,11-12H2,1H3,(H,25,27)(H2,22,23,24). The van der Waals surface area contributed by atoms with E-state index in [0.717, 1.165) is 22.5 Å². The molecule has 1 amide bonds. The molecule has 7 nitrogen and oxygen atoms in total. The van der Waals surface area contributed by atoms with Gasteiger partial charge in [0.1, 0.15) is 0 Å². The van der Waals surface area contributed by atoms with Gasteiger partial charge in [-0.1, -0.05) is 49.4 Å². The molecule has 136 valence electrons. The highest BCUT2D eigenvalue weighted by molar-refractivity contribution is 6.06. The highest BCUT2D eigenvalue weighted by Gasteiger charge is 2.21. The number of amides is 1. The maximum absolute atomic E-state index is 11.4. The van der Waals surface area contributed by atoms with Crippen molar-refractivity contribution in [1.82, 2.24) is 10.7 Å². The minimum Gasteiger partial charge on any atom is -0.351 e. The van der Waals surface area contributed by atoms with Crippen LogP contribution in [0, 0.1) is 17.4 Å². The fourth-order valence-electron chi connectivity index (χ4n) is 2.81. The molecule has 0 radical (unpaired) electrons. The van der Waals surface area contributed by atoms with Gasteiger partial charge in [-0.25, -0.2) is 5.43 Å². The Bertz CT molecular complexity index is 896. The number of anilines is 1. The Kier molecular flexibility index (Phi) is 5.80. The molecule has 0 aromatic heterocycles. The third-order valence-corrected chi connectivity index (χ3v) is 4.17. The molecule has 0 aliphatic carbocycles. The van der Waals surface area contributed by atoms with Gasteiger partial charge in [-0.15, -0.1) is 4.99 Å². The molecular formula is C20H20N6O. The molecule has 1 unspecified atom stereocenters. The van der Waals surface area contributed by atoms with E-state index in [4.69, 9.17) is 5.26 Å². The number of nitrogens with one attached hydrogen (secondary N) is 3. The summed E-state index contributed by atoms with van der Waals surface area (Å²) >= 11 is 0. The molecule has 1 aliphatic rings. The summed E-state index contributed by atoms with van der Waals surface area (Å²) in [5.74, 6) is 0.386. The predicted molar refractivity (Wildman–Crippen MR) is 105 cm³/mol. The summed E-state index contributed by atoms with van der Waals surface area (Å²) < 4.78 is 0. The van der Waals surface area contributed by atoms with E-state index in [9.17, 15) is 4.79 Å². The summed E-state index contributed by atoms with van der Waals surface area (Å²) in [7, 11) is 0. The first-order chi connectivity index (χ1) is 13.2. The molecule has 0 bridgehead atoms. The highest BCUT2D eigenvalue weighted by Crippen LogP contribution is 2.18. The number of hydrogen-bond donors (Lipinski definition) is 3. The second kappa shape index (κ2) is 8.63. The fourth-order valence-corrected chi connectivity index (χ4v) is 2.81. The summed E-state index contributed by atoms with van der Waals surface area (Å²) in [5.41, 5.74) is 6.21. The average molecular weight is 360 g/mol. The van der Waals surface area contributed by atoms with Gasteiger partial charge in [0, 0.05) is 24.6 Å². The van der Waals surface area contributed by atoms with Crippen LogP contribution < -0.4 is 16.1 Å². The zero-order valence-electron chi connectivity index (χ0n) is 14.9. The summed E-state index contributed by atoms with van der Waals surface area (Å²) in [6, 6.07) is 17.5. The van der Waals surface area contributed by atoms with Crippen LogP contribution >= 0.6 is 0 Å². The Labute approximate surface area is 157 Å². The Morgan fingerprint density at radius 1 is 1.26 bits per heavy atom. The molecule has 2 aromatic rings. The number of nitrogens with zero attached hydrogens (tertiary/aromatic N) is 3. The largest absolute Gasteiger partial charge is 0.351 e. The van der Waals surface area contributed by atoms with Gasteiger partial charge < -0.3 is 10.6 Å². The van der Waals surface area contributed by atoms with E-state index in [1.807, 2.05) is 61.5 Å². The van der Waals surface area contributed by atoms with Gasteiger partial charge in [0.15, 0.2) is 0 Å². The van der Waals surface area contributed by atoms with Gasteiger partial charge in [-0.05, 0) is 23.3 Å². The molecule has 2 aromatic carbocycles. The lowest BCUT2D eigenvalue weighted by Gasteiger charge is -2.19. The number of nitriles is 1. The summed E-state index contributed by atoms with van der Waals surface area (Å²) in [4.78, 5) is 15.2. The monoisotopic (exact) mass is 360 g/mol. The number of carbonyl (C=O) groups excluding carboxylic acids is 1. The van der Waals surface area contributed by atoms with Crippen molar-refractivity contribution in [2.45, 2.75) is 19.9 Å². The van der Waals surface area contributed by atoms with Crippen molar-refractivity contribution in [3.63, 3.8) is 0 Å². The Balaban J connectivity index is 1.66. The molecule has 0 saturated carbocycles. The normalized spacial score (nSPS) is 16.7. The minimum absolute atomic E-state index is 0.0635. The number of carbonyl (C=O) groups is 1. The average Bonchev–Trinajstić information content (AvgIpc) is 2.68. The number of guanidine groups is 1. The second-order valence-corrected chi connectivity index (χ2v) is 6.24. The summed E-state index contributed by atoms with van der Waals surface area (Å²) in [6.07, 6.45) is 2.23. The van der Waals surface area contributed by atoms with Crippen LogP contribution in [0.3, 0.4) is 0 Å². The van der Waals surface area contributed by atoms with Gasteiger partial charge in [-0.3, -0.25) is 4.79 Å². The molecule has 3 N–H and O–H groups in total. The van der Waals surface area contributed by atoms with Crippen molar-refractivity contribution in [1.29, 1.82) is 5.26 Å². The van der Waals surface area contributed by atoms with E-state index < -0.39 is 0 Å². The van der Waals surface area contributed by atoms with Crippen LogP contribution in [0.25, 0.3) is 0 Å². The van der Waals surface area contributed by atoms with Crippen molar-refractivity contribution in [2.24, 2.45) is 16.0 Å². The van der Waals surface area contributed by atoms with Crippen LogP contribution in [-0.2, 0) is 11.3 Å². The minimum atomic E-state index is -0.0635. The molecule has 27 heavy (non-hydrogen) atoms. The second-order valence-electron chi connectivity index (χ2n) is 6.24. The molecule has 1 heterocycles. The van der Waals surface area contributed by atoms with E-state index in [1.54, 1.807) is 6.19 Å². The first-order valence-corrected chi connectivity index (χ1v) is 8.64. The van der Waals surface area contributed by atoms with Crippen LogP contribution in [0.2, 0.25) is 0 Å². The molecule has 0 saturated heterocycles. The zero-order valence-corrected chi connectivity index (χ0v) is 14.9. The van der Waals surface area contributed by atoms with E-state index in [0.29, 0.717) is 18.9 Å². The van der Waals surface area contributed by atoms with Gasteiger partial charge >= 0.3 is 0 Å². The Morgan fingerprint density at radius 2 is 2.00 bits per heavy atom. The van der Waals surface area contributed by atoms with Gasteiger partial charge in [0.25, 0.3) is 0 Å². The summed E-state index contributed by atoms with van der Waals surface area (Å²) in [5, 5.41) is 19.3. The summed E-state index contributed by atoms with van der Waals surface area (Å²) in [6.45, 7) is 2.54. The van der Waals surface area contributed by atoms with E-state index in [2.05, 4.69) is 26.2 Å². The fraction of sp³-hybridized carbons (Fsp3) is 0.200. The van der Waals surface area contributed by atoms with Crippen LogP contribution in [0.5, 0.6) is 0 Å². The number of benzene rings is 2. The molecular weight excluding hydrogens is 340 g/mol. The molecule has 1 atom stereocenters. The smallest absolute Gasteiger partial charge is 0.240 e. The van der Waals surface area contributed by atoms with Crippen LogP contribution in [0.1, 0.15) is 24.5 Å². The van der Waals surface area contributed by atoms with E-state index in [1.165, 1.54) is 0 Å². The SMILES string of the molecule is CC1CC(=O)NN=C1c1ccc(NC(=NC#N)NCc2ccccc2)cc1. The highest BCUT2D eigenvalue weighted by atomic mass is 16.2. The zero-order chi connectivity index (χ0) is 19.1. The lowest BCUT2D eigenvalue weighted by atomic mass is 9.94. The van der Waals surface area contributed by atoms with Crippen LogP contribution in [0.15, 0.2) is 64.7 Å². The Morgan fingerprint density at radius 3 is 2.67 bits per heavy atom. The van der Waals surface area contributed by atoms with E-state index >= 15 is 0 Å². The first-order valence-electron chi connectivity index (χ1n) is 8.64. The van der Waals surface area contributed by atoms with Gasteiger partial charge in [0.05, 0.1) is 5.71 Å². The van der Waals surface area contributed by atoms with Gasteiger partial charge in [-0.2, -0.15) is 10.4 Å². The van der Waals surface area contributed by atoms with Crippen molar-refractivity contribution < 1.29 is 4.79 Å². The maximum Gasteiger partial charge on any atom is 0.240 e. The van der Waals surface area contributed by atoms with Crippen molar-refractivity contribution in [3.05, 3.63) is 65.7 Å². The lowest BCUT2D eigenvalue weighted by molar-refractivity contribution is -0.121. The van der Waals surface area contributed by atoms with Crippen LogP contribution in [-0.4, -0.2) is 17.6 Å². The number of aliphatic imine (C=N–C) groups is 1. The molecule has 1 aliphatic heterocycles. The Hall–Kier alpha value is -3.66. The van der Waals surface area contributed by atoms with Crippen molar-refractivity contribution in [2.75, 3.05) is 5.32 Å². The number of hydrogen-bond acceptors (Lipinski definition) is 4. The number of hydrazone groups is 1. The maximum atomic E-state index is 11.4. The molecule has 0 spiro atoms. The van der Waals surface area contributed by atoms with Gasteiger partial charge in [0.2, 0.25) is 18.1 Å². The third kappa shape index (κ3) is 4.92. The van der Waals surface area contributed by atoms with Crippen molar-refractivity contribution in [3.8, 4) is 6.19 Å². The third-order valence-electron chi connectivity index (χ3n) is 4.17. The van der Waals surface area contributed by atoms with E-state index in [-0.39, 0.29) is 11.8 Å². The molecule has 3 rings (SSSR count). The predicted octanol–water partition coefficient (Wildman–Crippen LogP) is 2.59. The number of rotatable bonds is 4. The lowest BCUT2D eigenvalue weighted by Crippen LogP contribution is -2.32. The topological polar surface area (TPSA) is 102 Å². The first kappa shape index (κ1) is 18.1. The molecule has 7 heteroatoms. The quantitative estimate of drug-likeness (QED) is 0.443. The van der Waals surface area contributed by atoms with Crippen molar-refractivity contribution >= 4 is 23.3 Å². The van der Waals surface area contributed by atoms with Crippen LogP contribution in [0.4, 0.5) is 5.69 Å².